The zero-order valence-corrected chi connectivity index (χ0v) is 11.5. The Morgan fingerprint density at radius 1 is 1.24 bits per heavy atom. The first-order valence-electron chi connectivity index (χ1n) is 6.16. The average Bonchev–Trinajstić information content (AvgIpc) is 2.46. The third-order valence-electron chi connectivity index (χ3n) is 3.34. The van der Waals surface area contributed by atoms with Gasteiger partial charge in [-0.05, 0) is 25.5 Å². The highest BCUT2D eigenvalue weighted by molar-refractivity contribution is 5.87. The number of aromatic nitrogens is 1. The second-order valence-corrected chi connectivity index (χ2v) is 4.67. The van der Waals surface area contributed by atoms with E-state index in [0.717, 1.165) is 0 Å². The van der Waals surface area contributed by atoms with Gasteiger partial charge in [-0.25, -0.2) is 4.79 Å². The summed E-state index contributed by atoms with van der Waals surface area (Å²) in [5.41, 5.74) is 2.63. The fourth-order valence-electron chi connectivity index (χ4n) is 2.36. The summed E-state index contributed by atoms with van der Waals surface area (Å²) in [6, 6.07) is 5.63. The monoisotopic (exact) mass is 280 g/mol. The van der Waals surface area contributed by atoms with Gasteiger partial charge in [0.05, 0.1) is 34.8 Å². The number of allylic oxidation sites excluding steroid dienone is 4. The van der Waals surface area contributed by atoms with E-state index in [0.29, 0.717) is 28.1 Å². The number of nitriles is 2. The minimum atomic E-state index is -1.10. The van der Waals surface area contributed by atoms with Crippen LogP contribution in [0.1, 0.15) is 35.7 Å². The lowest BCUT2D eigenvalue weighted by Crippen LogP contribution is -2.23. The standard InChI is InChI=1S/C15H12N4O2/c1-8-12(4-16)14(13(5-17)9(2)19-8)10-3-11(15(20)21)7-18-6-10/h3,6-7,14,19H,1-2H3,(H,20,21). The molecular weight excluding hydrogens is 268 g/mol. The Balaban J connectivity index is 2.65. The molecule has 1 aliphatic heterocycles. The van der Waals surface area contributed by atoms with Crippen LogP contribution in [0, 0.1) is 22.7 Å². The largest absolute Gasteiger partial charge is 0.478 e. The molecule has 0 spiro atoms. The van der Waals surface area contributed by atoms with Crippen LogP contribution in [-0.2, 0) is 0 Å². The van der Waals surface area contributed by atoms with Gasteiger partial charge >= 0.3 is 5.97 Å². The Hall–Kier alpha value is -3.12. The van der Waals surface area contributed by atoms with E-state index in [1.54, 1.807) is 13.8 Å². The summed E-state index contributed by atoms with van der Waals surface area (Å²) in [5.74, 6) is -1.69. The van der Waals surface area contributed by atoms with Gasteiger partial charge in [-0.1, -0.05) is 0 Å². The van der Waals surface area contributed by atoms with Crippen LogP contribution >= 0.6 is 0 Å². The number of hydrogen-bond donors (Lipinski definition) is 2. The van der Waals surface area contributed by atoms with Crippen molar-refractivity contribution in [1.29, 1.82) is 10.5 Å². The van der Waals surface area contributed by atoms with Crippen molar-refractivity contribution in [3.05, 3.63) is 52.1 Å². The summed E-state index contributed by atoms with van der Waals surface area (Å²) in [4.78, 5) is 15.0. The molecule has 21 heavy (non-hydrogen) atoms. The van der Waals surface area contributed by atoms with Crippen molar-refractivity contribution >= 4 is 5.97 Å². The Labute approximate surface area is 121 Å². The zero-order valence-electron chi connectivity index (χ0n) is 11.5. The number of dihydropyridines is 1. The molecule has 1 aromatic rings. The fourth-order valence-corrected chi connectivity index (χ4v) is 2.36. The summed E-state index contributed by atoms with van der Waals surface area (Å²) in [7, 11) is 0. The lowest BCUT2D eigenvalue weighted by Gasteiger charge is -2.26. The van der Waals surface area contributed by atoms with Gasteiger partial charge in [-0.15, -0.1) is 0 Å². The third-order valence-corrected chi connectivity index (χ3v) is 3.34. The second-order valence-electron chi connectivity index (χ2n) is 4.67. The van der Waals surface area contributed by atoms with Crippen molar-refractivity contribution in [1.82, 2.24) is 10.3 Å². The van der Waals surface area contributed by atoms with E-state index in [2.05, 4.69) is 22.4 Å². The highest BCUT2D eigenvalue weighted by Gasteiger charge is 2.29. The smallest absolute Gasteiger partial charge is 0.337 e. The van der Waals surface area contributed by atoms with Gasteiger partial charge < -0.3 is 10.4 Å². The van der Waals surface area contributed by atoms with Crippen LogP contribution < -0.4 is 5.32 Å². The van der Waals surface area contributed by atoms with Crippen molar-refractivity contribution in [3.63, 3.8) is 0 Å². The number of rotatable bonds is 2. The molecule has 0 aliphatic carbocycles. The summed E-state index contributed by atoms with van der Waals surface area (Å²) in [6.07, 6.45) is 2.72. The summed E-state index contributed by atoms with van der Waals surface area (Å²) in [6.45, 7) is 3.50. The first-order valence-corrected chi connectivity index (χ1v) is 6.16. The average molecular weight is 280 g/mol. The van der Waals surface area contributed by atoms with Gasteiger partial charge in [0.15, 0.2) is 0 Å². The molecule has 0 unspecified atom stereocenters. The molecule has 6 nitrogen and oxygen atoms in total. The molecule has 0 saturated carbocycles. The summed E-state index contributed by atoms with van der Waals surface area (Å²) >= 11 is 0. The summed E-state index contributed by atoms with van der Waals surface area (Å²) < 4.78 is 0. The van der Waals surface area contributed by atoms with Crippen molar-refractivity contribution in [2.24, 2.45) is 0 Å². The van der Waals surface area contributed by atoms with Crippen LogP contribution in [0.2, 0.25) is 0 Å². The van der Waals surface area contributed by atoms with Gasteiger partial charge in [0, 0.05) is 23.8 Å². The number of carbonyl (C=O) groups is 1. The molecule has 0 aromatic carbocycles. The Bertz CT molecular complexity index is 727. The predicted octanol–water partition coefficient (Wildman–Crippen LogP) is 2.06. The molecule has 2 N–H and O–H groups in total. The molecule has 0 atom stereocenters. The van der Waals surface area contributed by atoms with E-state index in [1.807, 2.05) is 0 Å². The predicted molar refractivity (Wildman–Crippen MR) is 73.7 cm³/mol. The number of carboxylic acid groups (broad SMARTS) is 1. The van der Waals surface area contributed by atoms with E-state index in [9.17, 15) is 15.3 Å². The fraction of sp³-hybridized carbons (Fsp3) is 0.200. The molecule has 0 amide bonds. The van der Waals surface area contributed by atoms with Gasteiger partial charge in [-0.2, -0.15) is 10.5 Å². The van der Waals surface area contributed by atoms with E-state index in [1.165, 1.54) is 18.5 Å². The molecule has 104 valence electrons. The summed E-state index contributed by atoms with van der Waals surface area (Å²) in [5, 5.41) is 30.8. The number of carboxylic acids is 1. The molecule has 2 heterocycles. The molecule has 1 aliphatic rings. The first-order chi connectivity index (χ1) is 9.99. The quantitative estimate of drug-likeness (QED) is 0.858. The maximum absolute atomic E-state index is 11.1. The van der Waals surface area contributed by atoms with Gasteiger partial charge in [0.1, 0.15) is 0 Å². The second kappa shape index (κ2) is 5.48. The molecule has 0 fully saturated rings. The van der Waals surface area contributed by atoms with Crippen molar-refractivity contribution in [2.45, 2.75) is 19.8 Å². The molecule has 1 aromatic heterocycles. The minimum absolute atomic E-state index is 0.0240. The number of nitrogens with one attached hydrogen (secondary N) is 1. The lowest BCUT2D eigenvalue weighted by molar-refractivity contribution is 0.0696. The minimum Gasteiger partial charge on any atom is -0.478 e. The third kappa shape index (κ3) is 2.47. The molecule has 6 heteroatoms. The van der Waals surface area contributed by atoms with Crippen molar-refractivity contribution < 1.29 is 9.90 Å². The Morgan fingerprint density at radius 3 is 2.29 bits per heavy atom. The van der Waals surface area contributed by atoms with Crippen molar-refractivity contribution in [2.75, 3.05) is 0 Å². The molecule has 0 bridgehead atoms. The van der Waals surface area contributed by atoms with Crippen molar-refractivity contribution in [3.8, 4) is 12.1 Å². The van der Waals surface area contributed by atoms with Crippen LogP contribution in [0.4, 0.5) is 0 Å². The number of pyridine rings is 1. The first kappa shape index (κ1) is 14.3. The zero-order chi connectivity index (χ0) is 15.6. The van der Waals surface area contributed by atoms with Gasteiger partial charge in [-0.3, -0.25) is 4.98 Å². The van der Waals surface area contributed by atoms with Crippen LogP contribution in [-0.4, -0.2) is 16.1 Å². The van der Waals surface area contributed by atoms with Crippen LogP contribution in [0.25, 0.3) is 0 Å². The van der Waals surface area contributed by atoms with Crippen LogP contribution in [0.15, 0.2) is 41.0 Å². The Kier molecular flexibility index (Phi) is 3.73. The number of nitrogens with zero attached hydrogens (tertiary/aromatic N) is 3. The SMILES string of the molecule is CC1=C(C#N)C(c2cncc(C(=O)O)c2)C(C#N)=C(C)N1. The highest BCUT2D eigenvalue weighted by atomic mass is 16.4. The van der Waals surface area contributed by atoms with Gasteiger partial charge in [0.25, 0.3) is 0 Å². The molecule has 0 saturated heterocycles. The molecule has 0 radical (unpaired) electrons. The number of hydrogen-bond acceptors (Lipinski definition) is 5. The highest BCUT2D eigenvalue weighted by Crippen LogP contribution is 2.37. The van der Waals surface area contributed by atoms with E-state index < -0.39 is 11.9 Å². The Morgan fingerprint density at radius 2 is 1.81 bits per heavy atom. The van der Waals surface area contributed by atoms with Gasteiger partial charge in [0.2, 0.25) is 0 Å². The van der Waals surface area contributed by atoms with E-state index >= 15 is 0 Å². The topological polar surface area (TPSA) is 110 Å². The van der Waals surface area contributed by atoms with Crippen LogP contribution in [0.5, 0.6) is 0 Å². The van der Waals surface area contributed by atoms with E-state index in [4.69, 9.17) is 5.11 Å². The normalized spacial score (nSPS) is 15.2. The van der Waals surface area contributed by atoms with Crippen LogP contribution in [0.3, 0.4) is 0 Å². The molecular formula is C15H12N4O2. The lowest BCUT2D eigenvalue weighted by atomic mass is 9.82. The maximum atomic E-state index is 11.1. The van der Waals surface area contributed by atoms with E-state index in [-0.39, 0.29) is 5.56 Å². The maximum Gasteiger partial charge on any atom is 0.337 e. The molecule has 2 rings (SSSR count). The number of aromatic carboxylic acids is 1.